The summed E-state index contributed by atoms with van der Waals surface area (Å²) in [6.45, 7) is 1.90. The summed E-state index contributed by atoms with van der Waals surface area (Å²) in [5.74, 6) is 0.160. The lowest BCUT2D eigenvalue weighted by Crippen LogP contribution is -2.06. The first-order chi connectivity index (χ1) is 6.72. The molecule has 0 saturated carbocycles. The summed E-state index contributed by atoms with van der Waals surface area (Å²) in [5.41, 5.74) is 0. The number of halogens is 1. The van der Waals surface area contributed by atoms with Gasteiger partial charge in [-0.15, -0.1) is 0 Å². The molecular formula is C10H11BrO3. The van der Waals surface area contributed by atoms with Crippen molar-refractivity contribution in [2.75, 3.05) is 0 Å². The lowest BCUT2D eigenvalue weighted by atomic mass is 10.3. The Balaban J connectivity index is 2.38. The van der Waals surface area contributed by atoms with E-state index in [1.807, 2.05) is 19.1 Å². The van der Waals surface area contributed by atoms with Gasteiger partial charge in [0.1, 0.15) is 0 Å². The zero-order valence-electron chi connectivity index (χ0n) is 7.83. The molecule has 0 aliphatic rings. The molecule has 0 aliphatic heterocycles. The number of hydrogen-bond acceptors (Lipinski definition) is 3. The van der Waals surface area contributed by atoms with Crippen LogP contribution in [-0.2, 0) is 9.68 Å². The SMILES string of the molecule is CCCC(=O)OOc1ccc(Br)cc1. The van der Waals surface area contributed by atoms with Gasteiger partial charge in [0, 0.05) is 10.9 Å². The lowest BCUT2D eigenvalue weighted by molar-refractivity contribution is -0.213. The molecule has 0 radical (unpaired) electrons. The van der Waals surface area contributed by atoms with Gasteiger partial charge in [-0.2, -0.15) is 0 Å². The summed E-state index contributed by atoms with van der Waals surface area (Å²) in [6.07, 6.45) is 1.12. The van der Waals surface area contributed by atoms with Gasteiger partial charge in [-0.25, -0.2) is 4.79 Å². The molecule has 3 nitrogen and oxygen atoms in total. The molecular weight excluding hydrogens is 248 g/mol. The van der Waals surface area contributed by atoms with Crippen LogP contribution in [0, 0.1) is 0 Å². The third kappa shape index (κ3) is 3.79. The van der Waals surface area contributed by atoms with E-state index in [9.17, 15) is 4.79 Å². The lowest BCUT2D eigenvalue weighted by Gasteiger charge is -2.03. The fraction of sp³-hybridized carbons (Fsp3) is 0.300. The third-order valence-electron chi connectivity index (χ3n) is 1.50. The number of hydrogen-bond donors (Lipinski definition) is 0. The van der Waals surface area contributed by atoms with Crippen molar-refractivity contribution in [1.29, 1.82) is 0 Å². The first-order valence-electron chi connectivity index (χ1n) is 4.35. The van der Waals surface area contributed by atoms with Gasteiger partial charge in [0.15, 0.2) is 5.75 Å². The standard InChI is InChI=1S/C10H11BrO3/c1-2-3-10(12)14-13-9-6-4-8(11)5-7-9/h4-7H,2-3H2,1H3. The molecule has 0 N–H and O–H groups in total. The van der Waals surface area contributed by atoms with Crippen LogP contribution in [0.15, 0.2) is 28.7 Å². The second-order valence-electron chi connectivity index (χ2n) is 2.74. The maximum atomic E-state index is 10.9. The van der Waals surface area contributed by atoms with Crippen LogP contribution in [0.1, 0.15) is 19.8 Å². The Morgan fingerprint density at radius 1 is 1.36 bits per heavy atom. The van der Waals surface area contributed by atoms with Crippen molar-refractivity contribution < 1.29 is 14.6 Å². The molecule has 0 heterocycles. The Morgan fingerprint density at radius 2 is 2.00 bits per heavy atom. The van der Waals surface area contributed by atoms with Crippen LogP contribution in [0.2, 0.25) is 0 Å². The normalized spacial score (nSPS) is 9.57. The molecule has 0 aromatic heterocycles. The molecule has 0 bridgehead atoms. The first-order valence-corrected chi connectivity index (χ1v) is 5.14. The fourth-order valence-electron chi connectivity index (χ4n) is 0.831. The van der Waals surface area contributed by atoms with Gasteiger partial charge >= 0.3 is 5.97 Å². The summed E-state index contributed by atoms with van der Waals surface area (Å²) in [7, 11) is 0. The van der Waals surface area contributed by atoms with Crippen molar-refractivity contribution in [3.05, 3.63) is 28.7 Å². The Bertz CT molecular complexity index is 295. The van der Waals surface area contributed by atoms with Gasteiger partial charge in [0.05, 0.1) is 0 Å². The molecule has 0 aliphatic carbocycles. The van der Waals surface area contributed by atoms with E-state index in [0.29, 0.717) is 12.2 Å². The second kappa shape index (κ2) is 5.65. The maximum absolute atomic E-state index is 10.9. The number of carbonyl (C=O) groups is 1. The highest BCUT2D eigenvalue weighted by molar-refractivity contribution is 9.10. The van der Waals surface area contributed by atoms with Gasteiger partial charge in [0.25, 0.3) is 0 Å². The van der Waals surface area contributed by atoms with Crippen molar-refractivity contribution in [1.82, 2.24) is 0 Å². The molecule has 0 amide bonds. The van der Waals surface area contributed by atoms with Gasteiger partial charge in [-0.3, -0.25) is 9.78 Å². The Hall–Kier alpha value is -1.03. The number of rotatable bonds is 4. The fourth-order valence-corrected chi connectivity index (χ4v) is 1.09. The van der Waals surface area contributed by atoms with E-state index in [-0.39, 0.29) is 5.97 Å². The van der Waals surface area contributed by atoms with E-state index in [4.69, 9.17) is 4.89 Å². The predicted molar refractivity (Wildman–Crippen MR) is 55.8 cm³/mol. The van der Waals surface area contributed by atoms with Crippen molar-refractivity contribution in [2.24, 2.45) is 0 Å². The zero-order valence-corrected chi connectivity index (χ0v) is 9.41. The van der Waals surface area contributed by atoms with Gasteiger partial charge in [-0.05, 0) is 30.7 Å². The average molecular weight is 259 g/mol. The zero-order chi connectivity index (χ0) is 10.4. The van der Waals surface area contributed by atoms with E-state index in [2.05, 4.69) is 20.8 Å². The first kappa shape index (κ1) is 11.0. The van der Waals surface area contributed by atoms with Crippen LogP contribution >= 0.6 is 15.9 Å². The van der Waals surface area contributed by atoms with Crippen LogP contribution in [0.3, 0.4) is 0 Å². The van der Waals surface area contributed by atoms with Crippen LogP contribution < -0.4 is 4.89 Å². The molecule has 1 rings (SSSR count). The molecule has 0 atom stereocenters. The largest absolute Gasteiger partial charge is 0.355 e. The van der Waals surface area contributed by atoms with E-state index < -0.39 is 0 Å². The highest BCUT2D eigenvalue weighted by atomic mass is 79.9. The highest BCUT2D eigenvalue weighted by Gasteiger charge is 2.02. The molecule has 4 heteroatoms. The minimum Gasteiger partial charge on any atom is -0.287 e. The quantitative estimate of drug-likeness (QED) is 0.615. The molecule has 0 saturated heterocycles. The molecule has 0 unspecified atom stereocenters. The molecule has 14 heavy (non-hydrogen) atoms. The van der Waals surface area contributed by atoms with E-state index in [1.54, 1.807) is 12.1 Å². The van der Waals surface area contributed by atoms with Crippen LogP contribution in [0.25, 0.3) is 0 Å². The minimum atomic E-state index is -0.351. The van der Waals surface area contributed by atoms with Crippen molar-refractivity contribution in [3.8, 4) is 5.75 Å². The Morgan fingerprint density at radius 3 is 2.57 bits per heavy atom. The summed E-state index contributed by atoms with van der Waals surface area (Å²) in [4.78, 5) is 20.3. The van der Waals surface area contributed by atoms with Crippen molar-refractivity contribution in [2.45, 2.75) is 19.8 Å². The number of benzene rings is 1. The Kier molecular flexibility index (Phi) is 4.46. The van der Waals surface area contributed by atoms with Gasteiger partial charge < -0.3 is 0 Å². The molecule has 1 aromatic carbocycles. The molecule has 0 spiro atoms. The van der Waals surface area contributed by atoms with Gasteiger partial charge in [-0.1, -0.05) is 22.9 Å². The van der Waals surface area contributed by atoms with Crippen LogP contribution in [0.5, 0.6) is 5.75 Å². The predicted octanol–water partition coefficient (Wildman–Crippen LogP) is 3.09. The van der Waals surface area contributed by atoms with Crippen molar-refractivity contribution in [3.63, 3.8) is 0 Å². The van der Waals surface area contributed by atoms with Gasteiger partial charge in [0.2, 0.25) is 0 Å². The molecule has 1 aromatic rings. The second-order valence-corrected chi connectivity index (χ2v) is 3.66. The molecule has 0 fully saturated rings. The maximum Gasteiger partial charge on any atom is 0.355 e. The highest BCUT2D eigenvalue weighted by Crippen LogP contribution is 2.16. The topological polar surface area (TPSA) is 35.5 Å². The number of carbonyl (C=O) groups excluding carboxylic acids is 1. The third-order valence-corrected chi connectivity index (χ3v) is 2.03. The summed E-state index contributed by atoms with van der Waals surface area (Å²) in [6, 6.07) is 7.04. The van der Waals surface area contributed by atoms with E-state index in [1.165, 1.54) is 0 Å². The molecule has 76 valence electrons. The van der Waals surface area contributed by atoms with E-state index in [0.717, 1.165) is 10.9 Å². The van der Waals surface area contributed by atoms with Crippen molar-refractivity contribution >= 4 is 21.9 Å². The Labute approximate surface area is 91.1 Å². The average Bonchev–Trinajstić information content (AvgIpc) is 2.17. The summed E-state index contributed by atoms with van der Waals surface area (Å²) in [5, 5.41) is 0. The smallest absolute Gasteiger partial charge is 0.287 e. The monoisotopic (exact) mass is 258 g/mol. The van der Waals surface area contributed by atoms with E-state index >= 15 is 0 Å². The van der Waals surface area contributed by atoms with Crippen LogP contribution in [-0.4, -0.2) is 5.97 Å². The minimum absolute atomic E-state index is 0.351. The summed E-state index contributed by atoms with van der Waals surface area (Å²) >= 11 is 3.29. The summed E-state index contributed by atoms with van der Waals surface area (Å²) < 4.78 is 0.949. The van der Waals surface area contributed by atoms with Crippen LogP contribution in [0.4, 0.5) is 0 Å².